The summed E-state index contributed by atoms with van der Waals surface area (Å²) < 4.78 is 64.5. The first kappa shape index (κ1) is 55.2. The van der Waals surface area contributed by atoms with Gasteiger partial charge in [0.15, 0.2) is 5.78 Å². The first-order valence-electron chi connectivity index (χ1n) is 24.4. The Hall–Kier alpha value is -3.77. The van der Waals surface area contributed by atoms with Crippen LogP contribution in [0.5, 0.6) is 0 Å². The Labute approximate surface area is 400 Å². The SMILES string of the molecule is CCC1C=C(C)CC(C)CC(OC)C2OC(O)(C(=O)C(=O)N3CCCCC3C(=O)OC(C(C)=CC3CCC(OCC(=O)c4cc(F)c(C)c(F)c4)C(OC)C3)C(C)C(O)CC1=O)C(C)CC2OC. The van der Waals surface area contributed by atoms with Crippen molar-refractivity contribution in [3.63, 3.8) is 0 Å². The molecule has 3 fully saturated rings. The second-order valence-electron chi connectivity index (χ2n) is 19.9. The predicted octanol–water partition coefficient (Wildman–Crippen LogP) is 6.97. The molecule has 1 aromatic carbocycles. The summed E-state index contributed by atoms with van der Waals surface area (Å²) in [5.41, 5.74) is 1.23. The number of cyclic esters (lactones) is 1. The normalized spacial score (nSPS) is 35.5. The van der Waals surface area contributed by atoms with E-state index >= 15 is 0 Å². The van der Waals surface area contributed by atoms with Crippen molar-refractivity contribution < 1.29 is 71.4 Å². The minimum Gasteiger partial charge on any atom is -0.456 e. The number of ketones is 3. The molecule has 3 heterocycles. The van der Waals surface area contributed by atoms with Crippen LogP contribution < -0.4 is 0 Å². The van der Waals surface area contributed by atoms with Crippen molar-refractivity contribution in [3.8, 4) is 0 Å². The molecule has 380 valence electrons. The molecule has 14 nitrogen and oxygen atoms in total. The number of ether oxygens (including phenoxy) is 6. The molecular formula is C52H75F2NO13. The van der Waals surface area contributed by atoms with Crippen LogP contribution in [0.2, 0.25) is 0 Å². The van der Waals surface area contributed by atoms with Gasteiger partial charge in [-0.1, -0.05) is 45.4 Å². The number of halogens is 2. The maximum absolute atomic E-state index is 14.5. The fourth-order valence-corrected chi connectivity index (χ4v) is 10.6. The van der Waals surface area contributed by atoms with E-state index in [4.69, 9.17) is 28.4 Å². The van der Waals surface area contributed by atoms with Gasteiger partial charge in [-0.3, -0.25) is 19.2 Å². The monoisotopic (exact) mass is 960 g/mol. The van der Waals surface area contributed by atoms with Gasteiger partial charge in [-0.25, -0.2) is 13.6 Å². The number of esters is 1. The van der Waals surface area contributed by atoms with E-state index in [1.807, 2.05) is 32.9 Å². The minimum absolute atomic E-state index is 0.00326. The molecule has 1 aromatic rings. The van der Waals surface area contributed by atoms with E-state index in [1.54, 1.807) is 20.8 Å². The number of methoxy groups -OCH3 is 3. The van der Waals surface area contributed by atoms with Crippen molar-refractivity contribution in [3.05, 3.63) is 58.2 Å². The molecule has 0 spiro atoms. The second-order valence-corrected chi connectivity index (χ2v) is 19.9. The number of carbonyl (C=O) groups excluding carboxylic acids is 5. The number of Topliss-reactive ketones (excluding diaryl/α,β-unsaturated/α-hetero) is 3. The van der Waals surface area contributed by atoms with Crippen molar-refractivity contribution in [2.45, 2.75) is 174 Å². The highest BCUT2D eigenvalue weighted by Crippen LogP contribution is 2.39. The van der Waals surface area contributed by atoms with Crippen LogP contribution in [0.4, 0.5) is 8.78 Å². The molecule has 14 unspecified atom stereocenters. The Kier molecular flexibility index (Phi) is 19.8. The average molecular weight is 960 g/mol. The van der Waals surface area contributed by atoms with Gasteiger partial charge in [0.1, 0.15) is 42.3 Å². The largest absolute Gasteiger partial charge is 0.456 e. The maximum Gasteiger partial charge on any atom is 0.329 e. The highest BCUT2D eigenvalue weighted by atomic mass is 19.1. The summed E-state index contributed by atoms with van der Waals surface area (Å²) in [6.45, 7) is 11.9. The zero-order valence-corrected chi connectivity index (χ0v) is 41.6. The van der Waals surface area contributed by atoms with Crippen LogP contribution in [-0.2, 0) is 47.6 Å². The summed E-state index contributed by atoms with van der Waals surface area (Å²) in [5.74, 6) is -10.3. The smallest absolute Gasteiger partial charge is 0.329 e. The first-order valence-corrected chi connectivity index (χ1v) is 24.4. The Balaban J connectivity index is 1.44. The molecule has 0 radical (unpaired) electrons. The lowest BCUT2D eigenvalue weighted by Gasteiger charge is -2.47. The van der Waals surface area contributed by atoms with Crippen molar-refractivity contribution in [1.82, 2.24) is 4.90 Å². The Morgan fingerprint density at radius 1 is 0.897 bits per heavy atom. The van der Waals surface area contributed by atoms with Crippen molar-refractivity contribution >= 4 is 29.2 Å². The quantitative estimate of drug-likeness (QED) is 0.106. The molecular weight excluding hydrogens is 885 g/mol. The molecule has 2 saturated heterocycles. The molecule has 1 amide bonds. The summed E-state index contributed by atoms with van der Waals surface area (Å²) in [6, 6.07) is 0.781. The highest BCUT2D eigenvalue weighted by molar-refractivity contribution is 6.39. The zero-order valence-electron chi connectivity index (χ0n) is 41.6. The van der Waals surface area contributed by atoms with Crippen molar-refractivity contribution in [1.29, 1.82) is 0 Å². The predicted molar refractivity (Wildman–Crippen MR) is 247 cm³/mol. The van der Waals surface area contributed by atoms with E-state index in [1.165, 1.54) is 28.3 Å². The topological polar surface area (TPSA) is 184 Å². The molecule has 3 aliphatic heterocycles. The number of nitrogens with zero attached hydrogens (tertiary/aromatic N) is 1. The van der Waals surface area contributed by atoms with Gasteiger partial charge < -0.3 is 43.5 Å². The third-order valence-electron chi connectivity index (χ3n) is 14.9. The molecule has 1 saturated carbocycles. The lowest BCUT2D eigenvalue weighted by Crippen LogP contribution is -2.64. The minimum atomic E-state index is -2.55. The number of benzene rings is 1. The van der Waals surface area contributed by atoms with Gasteiger partial charge in [0.25, 0.3) is 11.7 Å². The van der Waals surface area contributed by atoms with Crippen LogP contribution in [0.3, 0.4) is 0 Å². The number of allylic oxidation sites excluding steroid dienone is 3. The lowest BCUT2D eigenvalue weighted by atomic mass is 9.81. The standard InChI is InChI=1S/C52H75F2NO13/c1-11-35-19-28(2)18-29(3)20-45(64-9)48-46(65-10)22-31(5)52(62,68-48)49(59)50(60)55-17-13-12-14-39(55)51(61)67-47(33(7)40(56)26-41(35)57)30(4)21-34-15-16-43(44(23-34)63-8)66-27-42(58)36-24-37(53)32(6)38(54)25-36/h19,21,24-25,29,31,33-35,39-40,43-48,56,62H,11-18,20,22-23,26-27H2,1-10H3. The average Bonchev–Trinajstić information content (AvgIpc) is 3.31. The third kappa shape index (κ3) is 12.9. The van der Waals surface area contributed by atoms with Crippen LogP contribution >= 0.6 is 0 Å². The molecule has 68 heavy (non-hydrogen) atoms. The van der Waals surface area contributed by atoms with Crippen LogP contribution in [0.25, 0.3) is 0 Å². The van der Waals surface area contributed by atoms with E-state index in [2.05, 4.69) is 0 Å². The molecule has 2 bridgehead atoms. The Bertz CT molecular complexity index is 2000. The van der Waals surface area contributed by atoms with E-state index in [0.717, 1.165) is 22.6 Å². The van der Waals surface area contributed by atoms with Gasteiger partial charge in [0, 0.05) is 63.2 Å². The lowest BCUT2D eigenvalue weighted by molar-refractivity contribution is -0.302. The van der Waals surface area contributed by atoms with E-state index in [9.17, 15) is 43.0 Å². The molecule has 2 N–H and O–H groups in total. The number of rotatable bonds is 10. The summed E-state index contributed by atoms with van der Waals surface area (Å²) in [4.78, 5) is 71.2. The van der Waals surface area contributed by atoms with Crippen LogP contribution in [-0.4, -0.2) is 133 Å². The summed E-state index contributed by atoms with van der Waals surface area (Å²) in [7, 11) is 4.55. The summed E-state index contributed by atoms with van der Waals surface area (Å²) in [5, 5.41) is 23.9. The number of amides is 1. The van der Waals surface area contributed by atoms with E-state index < -0.39 is 114 Å². The number of aliphatic hydroxyl groups excluding tert-OH is 1. The summed E-state index contributed by atoms with van der Waals surface area (Å²) >= 11 is 0. The van der Waals surface area contributed by atoms with Crippen molar-refractivity contribution in [2.24, 2.45) is 29.6 Å². The number of aliphatic hydroxyl groups is 2. The van der Waals surface area contributed by atoms with Gasteiger partial charge in [-0.2, -0.15) is 0 Å². The van der Waals surface area contributed by atoms with Gasteiger partial charge in [0.2, 0.25) is 5.79 Å². The Morgan fingerprint density at radius 2 is 1.54 bits per heavy atom. The van der Waals surface area contributed by atoms with Crippen molar-refractivity contribution in [2.75, 3.05) is 34.5 Å². The fourth-order valence-electron chi connectivity index (χ4n) is 10.6. The molecule has 16 heteroatoms. The number of hydrogen-bond acceptors (Lipinski definition) is 13. The van der Waals surface area contributed by atoms with E-state index in [-0.39, 0.29) is 54.6 Å². The Morgan fingerprint density at radius 3 is 2.18 bits per heavy atom. The first-order chi connectivity index (χ1) is 32.2. The second kappa shape index (κ2) is 24.4. The molecule has 0 aromatic heterocycles. The molecule has 1 aliphatic carbocycles. The van der Waals surface area contributed by atoms with Crippen LogP contribution in [0, 0.1) is 48.1 Å². The highest BCUT2D eigenvalue weighted by Gasteiger charge is 2.56. The fraction of sp³-hybridized carbons (Fsp3) is 0.712. The number of hydrogen-bond donors (Lipinski definition) is 2. The number of fused-ring (bicyclic) bond motifs is 3. The van der Waals surface area contributed by atoms with E-state index in [0.29, 0.717) is 56.9 Å². The molecule has 14 atom stereocenters. The zero-order chi connectivity index (χ0) is 50.2. The van der Waals surface area contributed by atoms with Crippen LogP contribution in [0.15, 0.2) is 35.4 Å². The molecule has 4 aliphatic rings. The number of carbonyl (C=O) groups is 5. The van der Waals surface area contributed by atoms with Gasteiger partial charge in [-0.05, 0) is 115 Å². The number of piperidine rings is 1. The van der Waals surface area contributed by atoms with Gasteiger partial charge >= 0.3 is 5.97 Å². The van der Waals surface area contributed by atoms with Crippen LogP contribution in [0.1, 0.15) is 128 Å². The van der Waals surface area contributed by atoms with Gasteiger partial charge in [-0.15, -0.1) is 0 Å². The van der Waals surface area contributed by atoms with Gasteiger partial charge in [0.05, 0.1) is 30.5 Å². The third-order valence-corrected chi connectivity index (χ3v) is 14.9. The maximum atomic E-state index is 14.5. The molecule has 5 rings (SSSR count). The summed E-state index contributed by atoms with van der Waals surface area (Å²) in [6.07, 6.45) is 2.62.